The minimum atomic E-state index is -1.82. The molecule has 0 aromatic heterocycles. The van der Waals surface area contributed by atoms with Crippen molar-refractivity contribution in [3.8, 4) is 0 Å². The summed E-state index contributed by atoms with van der Waals surface area (Å²) in [5, 5.41) is 2.86. The molecule has 5 nitrogen and oxygen atoms in total. The molecular formula is C14H28N2O3Si. The highest BCUT2D eigenvalue weighted by atomic mass is 28.4. The third-order valence-corrected chi connectivity index (χ3v) is 8.82. The van der Waals surface area contributed by atoms with Gasteiger partial charge in [0.25, 0.3) is 0 Å². The quantitative estimate of drug-likeness (QED) is 0.703. The standard InChI is InChI=1S/C14H28N2O3Si/c1-14(2,3)20(4,5)19-9-8-11(12(15)17)16-13(18)10-6-7-10/h10-11H,6-9H2,1-5H3,(H2,15,17)(H,16,18)/t11-/m1/s1. The maximum atomic E-state index is 11.7. The van der Waals surface area contributed by atoms with E-state index in [0.29, 0.717) is 13.0 Å². The molecule has 0 saturated heterocycles. The first kappa shape index (κ1) is 17.2. The SMILES string of the molecule is CC(C)(C)[Si](C)(C)OCC[C@@H](NC(=O)C1CC1)C(N)=O. The second kappa shape index (κ2) is 6.26. The van der Waals surface area contributed by atoms with Crippen LogP contribution >= 0.6 is 0 Å². The number of hydrogen-bond donors (Lipinski definition) is 2. The molecule has 0 radical (unpaired) electrons. The Kier molecular flexibility index (Phi) is 5.37. The van der Waals surface area contributed by atoms with E-state index in [2.05, 4.69) is 39.2 Å². The molecule has 1 aliphatic rings. The molecule has 3 N–H and O–H groups in total. The Morgan fingerprint density at radius 2 is 1.90 bits per heavy atom. The summed E-state index contributed by atoms with van der Waals surface area (Å²) in [5.41, 5.74) is 5.34. The molecule has 0 unspecified atom stereocenters. The van der Waals surface area contributed by atoms with E-state index < -0.39 is 20.3 Å². The Balaban J connectivity index is 2.43. The largest absolute Gasteiger partial charge is 0.417 e. The number of hydrogen-bond acceptors (Lipinski definition) is 3. The summed E-state index contributed by atoms with van der Waals surface area (Å²) in [6, 6.07) is -0.618. The summed E-state index contributed by atoms with van der Waals surface area (Å²) in [6.45, 7) is 11.3. The fourth-order valence-electron chi connectivity index (χ4n) is 1.57. The van der Waals surface area contributed by atoms with Crippen molar-refractivity contribution in [2.24, 2.45) is 11.7 Å². The van der Waals surface area contributed by atoms with E-state index in [1.54, 1.807) is 0 Å². The number of primary amides is 1. The van der Waals surface area contributed by atoms with Crippen molar-refractivity contribution < 1.29 is 14.0 Å². The van der Waals surface area contributed by atoms with Gasteiger partial charge in [0.15, 0.2) is 8.32 Å². The molecule has 0 aromatic rings. The van der Waals surface area contributed by atoms with E-state index in [4.69, 9.17) is 10.2 Å². The Hall–Kier alpha value is -0.883. The predicted octanol–water partition coefficient (Wildman–Crippen LogP) is 1.78. The fraction of sp³-hybridized carbons (Fsp3) is 0.857. The van der Waals surface area contributed by atoms with Crippen LogP contribution in [-0.4, -0.2) is 32.8 Å². The highest BCUT2D eigenvalue weighted by molar-refractivity contribution is 6.74. The van der Waals surface area contributed by atoms with Gasteiger partial charge in [0.1, 0.15) is 6.04 Å². The Bertz CT molecular complexity index is 373. The summed E-state index contributed by atoms with van der Waals surface area (Å²) >= 11 is 0. The van der Waals surface area contributed by atoms with Crippen LogP contribution in [-0.2, 0) is 14.0 Å². The Morgan fingerprint density at radius 1 is 1.35 bits per heavy atom. The van der Waals surface area contributed by atoms with E-state index in [1.165, 1.54) is 0 Å². The van der Waals surface area contributed by atoms with Crippen molar-refractivity contribution in [1.29, 1.82) is 0 Å². The zero-order chi connectivity index (χ0) is 15.6. The lowest BCUT2D eigenvalue weighted by Gasteiger charge is -2.36. The van der Waals surface area contributed by atoms with Crippen molar-refractivity contribution in [1.82, 2.24) is 5.32 Å². The molecule has 0 spiro atoms. The van der Waals surface area contributed by atoms with Crippen molar-refractivity contribution in [3.63, 3.8) is 0 Å². The minimum Gasteiger partial charge on any atom is -0.417 e. The molecule has 0 aromatic carbocycles. The average molecular weight is 300 g/mol. The van der Waals surface area contributed by atoms with Gasteiger partial charge in [-0.05, 0) is 37.4 Å². The summed E-state index contributed by atoms with van der Waals surface area (Å²) in [5.74, 6) is -0.461. The van der Waals surface area contributed by atoms with Crippen LogP contribution in [0.5, 0.6) is 0 Å². The number of carbonyl (C=O) groups excluding carboxylic acids is 2. The first-order valence-electron chi connectivity index (χ1n) is 7.28. The zero-order valence-corrected chi connectivity index (χ0v) is 14.3. The van der Waals surface area contributed by atoms with Gasteiger partial charge in [-0.15, -0.1) is 0 Å². The van der Waals surface area contributed by atoms with Gasteiger partial charge in [0.2, 0.25) is 11.8 Å². The lowest BCUT2D eigenvalue weighted by Crippen LogP contribution is -2.47. The van der Waals surface area contributed by atoms with Gasteiger partial charge in [0, 0.05) is 12.5 Å². The molecule has 2 amide bonds. The van der Waals surface area contributed by atoms with Crippen LogP contribution in [0, 0.1) is 5.92 Å². The van der Waals surface area contributed by atoms with Gasteiger partial charge in [-0.2, -0.15) is 0 Å². The van der Waals surface area contributed by atoms with Crippen molar-refractivity contribution in [3.05, 3.63) is 0 Å². The lowest BCUT2D eigenvalue weighted by atomic mass is 10.2. The third kappa shape index (κ3) is 4.90. The first-order valence-corrected chi connectivity index (χ1v) is 10.2. The van der Waals surface area contributed by atoms with Gasteiger partial charge in [0.05, 0.1) is 0 Å². The van der Waals surface area contributed by atoms with E-state index in [9.17, 15) is 9.59 Å². The molecular weight excluding hydrogens is 272 g/mol. The molecule has 1 rings (SSSR count). The van der Waals surface area contributed by atoms with E-state index in [0.717, 1.165) is 12.8 Å². The molecule has 20 heavy (non-hydrogen) atoms. The van der Waals surface area contributed by atoms with Gasteiger partial charge in [-0.25, -0.2) is 0 Å². The fourth-order valence-corrected chi connectivity index (χ4v) is 2.63. The van der Waals surface area contributed by atoms with Crippen LogP contribution in [0.1, 0.15) is 40.0 Å². The minimum absolute atomic E-state index is 0.0545. The molecule has 6 heteroatoms. The highest BCUT2D eigenvalue weighted by Gasteiger charge is 2.37. The second-order valence-electron chi connectivity index (χ2n) is 7.14. The van der Waals surface area contributed by atoms with Crippen LogP contribution in [0.25, 0.3) is 0 Å². The molecule has 1 aliphatic carbocycles. The Labute approximate surface area is 122 Å². The molecule has 0 aliphatic heterocycles. The maximum absolute atomic E-state index is 11.7. The molecule has 116 valence electrons. The normalized spacial score (nSPS) is 17.6. The van der Waals surface area contributed by atoms with Crippen LogP contribution < -0.4 is 11.1 Å². The number of carbonyl (C=O) groups is 2. The van der Waals surface area contributed by atoms with Crippen LogP contribution in [0.3, 0.4) is 0 Å². The smallest absolute Gasteiger partial charge is 0.240 e. The number of rotatable bonds is 7. The summed E-state index contributed by atoms with van der Waals surface area (Å²) < 4.78 is 6.01. The maximum Gasteiger partial charge on any atom is 0.240 e. The second-order valence-corrected chi connectivity index (χ2v) is 11.9. The van der Waals surface area contributed by atoms with Gasteiger partial charge in [-0.3, -0.25) is 9.59 Å². The molecule has 0 bridgehead atoms. The number of amides is 2. The summed E-state index contributed by atoms with van der Waals surface area (Å²) in [4.78, 5) is 23.1. The van der Waals surface area contributed by atoms with Crippen LogP contribution in [0.4, 0.5) is 0 Å². The molecule has 1 saturated carbocycles. The average Bonchev–Trinajstić information content (AvgIpc) is 3.09. The van der Waals surface area contributed by atoms with Gasteiger partial charge >= 0.3 is 0 Å². The summed E-state index contributed by atoms with van der Waals surface area (Å²) in [7, 11) is -1.82. The van der Waals surface area contributed by atoms with E-state index in [1.807, 2.05) is 0 Å². The Morgan fingerprint density at radius 3 is 2.30 bits per heavy atom. The van der Waals surface area contributed by atoms with E-state index >= 15 is 0 Å². The zero-order valence-electron chi connectivity index (χ0n) is 13.3. The van der Waals surface area contributed by atoms with Crippen molar-refractivity contribution in [2.75, 3.05) is 6.61 Å². The molecule has 0 heterocycles. The van der Waals surface area contributed by atoms with Crippen LogP contribution in [0.15, 0.2) is 0 Å². The number of nitrogens with one attached hydrogen (secondary N) is 1. The monoisotopic (exact) mass is 300 g/mol. The number of nitrogens with two attached hydrogens (primary N) is 1. The van der Waals surface area contributed by atoms with Crippen molar-refractivity contribution >= 4 is 20.1 Å². The molecule has 1 atom stereocenters. The third-order valence-electron chi connectivity index (χ3n) is 4.28. The van der Waals surface area contributed by atoms with Gasteiger partial charge < -0.3 is 15.5 Å². The van der Waals surface area contributed by atoms with Gasteiger partial charge in [-0.1, -0.05) is 20.8 Å². The van der Waals surface area contributed by atoms with E-state index in [-0.39, 0.29) is 16.9 Å². The first-order chi connectivity index (χ1) is 9.04. The highest BCUT2D eigenvalue weighted by Crippen LogP contribution is 2.36. The molecule has 1 fully saturated rings. The summed E-state index contributed by atoms with van der Waals surface area (Å²) in [6.07, 6.45) is 2.27. The lowest BCUT2D eigenvalue weighted by molar-refractivity contribution is -0.128. The predicted molar refractivity (Wildman–Crippen MR) is 81.6 cm³/mol. The van der Waals surface area contributed by atoms with Crippen molar-refractivity contribution in [2.45, 2.75) is 64.2 Å². The van der Waals surface area contributed by atoms with Crippen LogP contribution in [0.2, 0.25) is 18.1 Å². The topological polar surface area (TPSA) is 81.4 Å².